The molecule has 0 heterocycles. The molecule has 1 unspecified atom stereocenters. The zero-order valence-electron chi connectivity index (χ0n) is 21.8. The third-order valence-corrected chi connectivity index (χ3v) is 7.31. The Hall–Kier alpha value is -1.71. The minimum Gasteiger partial charge on any atom is -1.00 e. The van der Waals surface area contributed by atoms with Crippen molar-refractivity contribution in [2.24, 2.45) is 5.92 Å². The van der Waals surface area contributed by atoms with Gasteiger partial charge in [0.15, 0.2) is 0 Å². The van der Waals surface area contributed by atoms with E-state index in [-0.39, 0.29) is 60.5 Å². The number of carbonyl (C=O) groups is 1. The third-order valence-electron chi connectivity index (χ3n) is 5.88. The minimum absolute atomic E-state index is 0. The van der Waals surface area contributed by atoms with Crippen molar-refractivity contribution < 1.29 is 55.8 Å². The fourth-order valence-electron chi connectivity index (χ4n) is 3.63. The average Bonchev–Trinajstić information content (AvgIpc) is 3.01. The molecule has 0 aromatic heterocycles. The molecule has 0 spiro atoms. The number of allylic oxidation sites excluding steroid dienone is 4. The molecular weight excluding hydrogens is 581 g/mol. The van der Waals surface area contributed by atoms with E-state index in [0.717, 1.165) is 11.1 Å². The SMILES string of the molecule is CC1=[C-]C(C)C(C)=C1C.Cc1cccc(C)c1C([NH-])=O.[Cl-].[Cl-].[Zr+4].c1ccc([SiH]c2ccccc2)cc1. The zero-order valence-corrected chi connectivity index (χ0v) is 26.9. The molecule has 187 valence electrons. The second-order valence-corrected chi connectivity index (χ2v) is 9.98. The van der Waals surface area contributed by atoms with Gasteiger partial charge in [0.05, 0.1) is 5.91 Å². The van der Waals surface area contributed by atoms with Crippen LogP contribution in [0.3, 0.4) is 0 Å². The van der Waals surface area contributed by atoms with Crippen LogP contribution < -0.4 is 35.2 Å². The summed E-state index contributed by atoms with van der Waals surface area (Å²) in [6.45, 7) is 12.4. The number of nitrogens with one attached hydrogen (secondary N) is 1. The van der Waals surface area contributed by atoms with Gasteiger partial charge in [0, 0.05) is 5.56 Å². The Morgan fingerprint density at radius 1 is 0.750 bits per heavy atom. The summed E-state index contributed by atoms with van der Waals surface area (Å²) in [6, 6.07) is 26.9. The molecule has 3 aromatic carbocycles. The first kappa shape index (κ1) is 36.4. The summed E-state index contributed by atoms with van der Waals surface area (Å²) in [5.74, 6) is -0.0365. The summed E-state index contributed by atoms with van der Waals surface area (Å²) >= 11 is 0. The Bertz CT molecular complexity index is 1070. The Labute approximate surface area is 251 Å². The van der Waals surface area contributed by atoms with E-state index in [0.29, 0.717) is 11.5 Å². The number of carbonyl (C=O) groups excluding carboxylic acids is 1. The Morgan fingerprint density at radius 2 is 1.17 bits per heavy atom. The van der Waals surface area contributed by atoms with Gasteiger partial charge in [0.1, 0.15) is 9.52 Å². The number of amides is 1. The normalized spacial score (nSPS) is 13.3. The van der Waals surface area contributed by atoms with E-state index in [2.05, 4.69) is 94.4 Å². The zero-order chi connectivity index (χ0) is 24.4. The molecule has 1 atom stereocenters. The largest absolute Gasteiger partial charge is 4.00 e. The molecule has 0 aliphatic heterocycles. The fourth-order valence-corrected chi connectivity index (χ4v) is 4.84. The van der Waals surface area contributed by atoms with E-state index < -0.39 is 5.91 Å². The van der Waals surface area contributed by atoms with Crippen molar-refractivity contribution in [3.63, 3.8) is 0 Å². The quantitative estimate of drug-likeness (QED) is 0.309. The average molecular weight is 615 g/mol. The van der Waals surface area contributed by atoms with Gasteiger partial charge in [-0.25, -0.2) is 5.57 Å². The van der Waals surface area contributed by atoms with Gasteiger partial charge >= 0.3 is 26.2 Å². The number of hydrogen-bond acceptors (Lipinski definition) is 1. The molecule has 1 aliphatic rings. The first-order chi connectivity index (χ1) is 15.7. The van der Waals surface area contributed by atoms with Crippen molar-refractivity contribution in [1.29, 1.82) is 0 Å². The monoisotopic (exact) mass is 612 g/mol. The van der Waals surface area contributed by atoms with Crippen molar-refractivity contribution in [1.82, 2.24) is 0 Å². The summed E-state index contributed by atoms with van der Waals surface area (Å²) in [7, 11) is 0.271. The van der Waals surface area contributed by atoms with Gasteiger partial charge in [-0.1, -0.05) is 116 Å². The van der Waals surface area contributed by atoms with Gasteiger partial charge in [0.25, 0.3) is 0 Å². The number of benzene rings is 3. The summed E-state index contributed by atoms with van der Waals surface area (Å²) in [4.78, 5) is 10.8. The molecule has 36 heavy (non-hydrogen) atoms. The molecule has 1 aliphatic carbocycles. The van der Waals surface area contributed by atoms with Gasteiger partial charge < -0.3 is 35.3 Å². The van der Waals surface area contributed by atoms with Crippen molar-refractivity contribution in [3.8, 4) is 0 Å². The van der Waals surface area contributed by atoms with E-state index in [1.807, 2.05) is 32.0 Å². The van der Waals surface area contributed by atoms with Crippen LogP contribution in [-0.4, -0.2) is 15.4 Å². The number of aryl methyl sites for hydroxylation is 2. The predicted octanol–water partition coefficient (Wildman–Crippen LogP) is 0.297. The van der Waals surface area contributed by atoms with Crippen LogP contribution in [0.1, 0.15) is 49.2 Å². The first-order valence-corrected chi connectivity index (χ1v) is 12.4. The molecule has 1 amide bonds. The maximum atomic E-state index is 10.8. The van der Waals surface area contributed by atoms with Gasteiger partial charge in [-0.2, -0.15) is 11.1 Å². The third kappa shape index (κ3) is 11.6. The molecule has 2 nitrogen and oxygen atoms in total. The van der Waals surface area contributed by atoms with Gasteiger partial charge in [0.2, 0.25) is 0 Å². The molecule has 0 fully saturated rings. The van der Waals surface area contributed by atoms with E-state index in [4.69, 9.17) is 5.73 Å². The number of rotatable bonds is 3. The summed E-state index contributed by atoms with van der Waals surface area (Å²) in [5.41, 5.74) is 13.5. The van der Waals surface area contributed by atoms with Gasteiger partial charge in [-0.15, -0.1) is 6.92 Å². The molecule has 3 aromatic rings. The Morgan fingerprint density at radius 3 is 1.42 bits per heavy atom. The van der Waals surface area contributed by atoms with E-state index in [9.17, 15) is 4.79 Å². The van der Waals surface area contributed by atoms with E-state index in [1.165, 1.54) is 27.1 Å². The Balaban J connectivity index is 0. The van der Waals surface area contributed by atoms with Crippen molar-refractivity contribution >= 4 is 25.8 Å². The molecule has 1 radical (unpaired) electrons. The van der Waals surface area contributed by atoms with Crippen LogP contribution in [0, 0.1) is 25.8 Å². The molecular formula is C30H34Cl2NOSiZr. The van der Waals surface area contributed by atoms with Crippen LogP contribution in [0.4, 0.5) is 0 Å². The van der Waals surface area contributed by atoms with Gasteiger partial charge in [-0.05, 0) is 25.0 Å². The Kier molecular flexibility index (Phi) is 18.8. The topological polar surface area (TPSA) is 40.9 Å². The predicted molar refractivity (Wildman–Crippen MR) is 144 cm³/mol. The standard InChI is InChI=1S/C12H11Si.C9H11NO.C9H13.2ClH.Zr/c1-3-7-11(8-4-1)13-12-9-5-2-6-10-12;1-6-4-3-5-7(2)8(6)9(10)11;1-6-5-7(2)9(4)8(6)3;;;/h1-10,13H;3-5H,1-2H3,(H2,10,11);6H,1-4H3;2*1H;/q;;-1;;;+4/p-3. The maximum Gasteiger partial charge on any atom is 4.00 e. The van der Waals surface area contributed by atoms with E-state index in [1.54, 1.807) is 0 Å². The molecule has 0 saturated heterocycles. The molecule has 4 rings (SSSR count). The van der Waals surface area contributed by atoms with Crippen LogP contribution in [0.25, 0.3) is 5.73 Å². The van der Waals surface area contributed by atoms with Crippen molar-refractivity contribution in [2.75, 3.05) is 0 Å². The molecule has 0 bridgehead atoms. The first-order valence-electron chi connectivity index (χ1n) is 11.3. The summed E-state index contributed by atoms with van der Waals surface area (Å²) < 4.78 is 0. The smallest absolute Gasteiger partial charge is 1.00 e. The van der Waals surface area contributed by atoms with Gasteiger partial charge in [-0.3, -0.25) is 6.08 Å². The number of halogens is 2. The van der Waals surface area contributed by atoms with Crippen LogP contribution in [0.2, 0.25) is 0 Å². The van der Waals surface area contributed by atoms with Crippen molar-refractivity contribution in [2.45, 2.75) is 41.5 Å². The second-order valence-electron chi connectivity index (χ2n) is 8.36. The number of hydrogen-bond donors (Lipinski definition) is 0. The molecule has 0 saturated carbocycles. The summed E-state index contributed by atoms with van der Waals surface area (Å²) in [6.07, 6.45) is 3.36. The minimum atomic E-state index is -0.597. The summed E-state index contributed by atoms with van der Waals surface area (Å²) in [5, 5.41) is 2.90. The van der Waals surface area contributed by atoms with Crippen LogP contribution >= 0.6 is 0 Å². The van der Waals surface area contributed by atoms with Crippen LogP contribution in [-0.2, 0) is 26.2 Å². The maximum absolute atomic E-state index is 10.8. The fraction of sp³-hybridized carbons (Fsp3) is 0.233. The van der Waals surface area contributed by atoms with Crippen molar-refractivity contribution in [3.05, 3.63) is 124 Å². The molecule has 6 heteroatoms. The second kappa shape index (κ2) is 18.5. The van der Waals surface area contributed by atoms with Crippen LogP contribution in [0.5, 0.6) is 0 Å². The molecule has 1 N–H and O–H groups in total. The van der Waals surface area contributed by atoms with E-state index >= 15 is 0 Å². The van der Waals surface area contributed by atoms with Crippen LogP contribution in [0.15, 0.2) is 95.6 Å².